The fourth-order valence-electron chi connectivity index (χ4n) is 1.89. The molecule has 5 heteroatoms. The minimum atomic E-state index is -0.982. The van der Waals surface area contributed by atoms with Gasteiger partial charge in [0.1, 0.15) is 12.4 Å². The SMILES string of the molecule is CC(C)c1cc(Br)ccc1OCc1ccc(C(=O)O)cn1. The van der Waals surface area contributed by atoms with Crippen molar-refractivity contribution < 1.29 is 14.6 Å². The number of rotatable bonds is 5. The summed E-state index contributed by atoms with van der Waals surface area (Å²) in [5.41, 5.74) is 1.98. The van der Waals surface area contributed by atoms with Crippen molar-refractivity contribution in [3.05, 3.63) is 57.8 Å². The molecule has 110 valence electrons. The minimum Gasteiger partial charge on any atom is -0.487 e. The number of aromatic carboxylic acids is 1. The smallest absolute Gasteiger partial charge is 0.337 e. The van der Waals surface area contributed by atoms with Crippen molar-refractivity contribution in [2.45, 2.75) is 26.4 Å². The summed E-state index contributed by atoms with van der Waals surface area (Å²) in [6.07, 6.45) is 1.34. The van der Waals surface area contributed by atoms with Gasteiger partial charge in [-0.1, -0.05) is 29.8 Å². The molecular weight excluding hydrogens is 334 g/mol. The van der Waals surface area contributed by atoms with E-state index in [1.165, 1.54) is 12.3 Å². The summed E-state index contributed by atoms with van der Waals surface area (Å²) in [6, 6.07) is 9.09. The summed E-state index contributed by atoms with van der Waals surface area (Å²) in [7, 11) is 0. The molecule has 4 nitrogen and oxygen atoms in total. The summed E-state index contributed by atoms with van der Waals surface area (Å²) in [5.74, 6) is 0.183. The van der Waals surface area contributed by atoms with Gasteiger partial charge in [-0.25, -0.2) is 4.79 Å². The molecule has 0 saturated carbocycles. The highest BCUT2D eigenvalue weighted by molar-refractivity contribution is 9.10. The maximum atomic E-state index is 10.8. The lowest BCUT2D eigenvalue weighted by atomic mass is 10.0. The number of carboxylic acid groups (broad SMARTS) is 1. The summed E-state index contributed by atoms with van der Waals surface area (Å²) in [6.45, 7) is 4.52. The lowest BCUT2D eigenvalue weighted by Gasteiger charge is -2.14. The van der Waals surface area contributed by atoms with Crippen molar-refractivity contribution in [2.75, 3.05) is 0 Å². The van der Waals surface area contributed by atoms with Crippen LogP contribution in [0.1, 0.15) is 41.4 Å². The average molecular weight is 350 g/mol. The Morgan fingerprint density at radius 3 is 2.67 bits per heavy atom. The molecule has 0 radical (unpaired) electrons. The zero-order valence-electron chi connectivity index (χ0n) is 11.8. The van der Waals surface area contributed by atoms with Crippen molar-refractivity contribution in [3.8, 4) is 5.75 Å². The predicted molar refractivity (Wildman–Crippen MR) is 83.8 cm³/mol. The van der Waals surface area contributed by atoms with Gasteiger partial charge in [-0.2, -0.15) is 0 Å². The molecule has 0 unspecified atom stereocenters. The van der Waals surface area contributed by atoms with Crippen LogP contribution in [-0.4, -0.2) is 16.1 Å². The van der Waals surface area contributed by atoms with E-state index in [4.69, 9.17) is 9.84 Å². The molecule has 1 heterocycles. The minimum absolute atomic E-state index is 0.172. The van der Waals surface area contributed by atoms with Gasteiger partial charge < -0.3 is 9.84 Å². The maximum absolute atomic E-state index is 10.8. The van der Waals surface area contributed by atoms with Crippen LogP contribution >= 0.6 is 15.9 Å². The zero-order chi connectivity index (χ0) is 15.4. The van der Waals surface area contributed by atoms with Gasteiger partial charge in [0.15, 0.2) is 0 Å². The average Bonchev–Trinajstić information content (AvgIpc) is 2.46. The van der Waals surface area contributed by atoms with Crippen LogP contribution in [0.5, 0.6) is 5.75 Å². The Balaban J connectivity index is 2.11. The first-order valence-electron chi connectivity index (χ1n) is 6.58. The van der Waals surface area contributed by atoms with Crippen LogP contribution in [-0.2, 0) is 6.61 Å². The van der Waals surface area contributed by atoms with Crippen LogP contribution < -0.4 is 4.74 Å². The number of halogens is 1. The van der Waals surface area contributed by atoms with E-state index >= 15 is 0 Å². The van der Waals surface area contributed by atoms with Gasteiger partial charge in [-0.05, 0) is 41.8 Å². The summed E-state index contributed by atoms with van der Waals surface area (Å²) in [5, 5.41) is 8.83. The third-order valence-electron chi connectivity index (χ3n) is 3.04. The molecule has 0 atom stereocenters. The molecule has 0 spiro atoms. The number of ether oxygens (including phenoxy) is 1. The largest absolute Gasteiger partial charge is 0.487 e. The van der Waals surface area contributed by atoms with E-state index < -0.39 is 5.97 Å². The van der Waals surface area contributed by atoms with Crippen LogP contribution in [0.15, 0.2) is 41.0 Å². The van der Waals surface area contributed by atoms with Gasteiger partial charge in [0.25, 0.3) is 0 Å². The first-order chi connectivity index (χ1) is 9.97. The Bertz CT molecular complexity index is 638. The molecule has 0 aliphatic carbocycles. The van der Waals surface area contributed by atoms with E-state index in [9.17, 15) is 4.79 Å². The van der Waals surface area contributed by atoms with Crippen molar-refractivity contribution >= 4 is 21.9 Å². The standard InChI is InChI=1S/C16H16BrNO3/c1-10(2)14-7-12(17)4-6-15(14)21-9-13-5-3-11(8-18-13)16(19)20/h3-8,10H,9H2,1-2H3,(H,19,20). The highest BCUT2D eigenvalue weighted by Crippen LogP contribution is 2.30. The van der Waals surface area contributed by atoms with Gasteiger partial charge in [-0.3, -0.25) is 4.98 Å². The molecule has 0 aliphatic rings. The van der Waals surface area contributed by atoms with Crippen molar-refractivity contribution in [1.29, 1.82) is 0 Å². The van der Waals surface area contributed by atoms with Crippen molar-refractivity contribution in [2.24, 2.45) is 0 Å². The summed E-state index contributed by atoms with van der Waals surface area (Å²) in [4.78, 5) is 14.9. The van der Waals surface area contributed by atoms with E-state index in [1.807, 2.05) is 18.2 Å². The van der Waals surface area contributed by atoms with Crippen molar-refractivity contribution in [1.82, 2.24) is 4.98 Å². The van der Waals surface area contributed by atoms with Crippen LogP contribution in [0.25, 0.3) is 0 Å². The van der Waals surface area contributed by atoms with E-state index in [0.717, 1.165) is 15.8 Å². The number of hydrogen-bond donors (Lipinski definition) is 1. The van der Waals surface area contributed by atoms with Crippen LogP contribution in [0, 0.1) is 0 Å². The topological polar surface area (TPSA) is 59.4 Å². The number of pyridine rings is 1. The first kappa shape index (κ1) is 15.5. The molecular formula is C16H16BrNO3. The summed E-state index contributed by atoms with van der Waals surface area (Å²) < 4.78 is 6.83. The molecule has 2 aromatic rings. The number of carbonyl (C=O) groups is 1. The van der Waals surface area contributed by atoms with Gasteiger partial charge in [0.2, 0.25) is 0 Å². The lowest BCUT2D eigenvalue weighted by molar-refractivity contribution is 0.0696. The molecule has 0 fully saturated rings. The molecule has 21 heavy (non-hydrogen) atoms. The van der Waals surface area contributed by atoms with E-state index in [2.05, 4.69) is 34.8 Å². The monoisotopic (exact) mass is 349 g/mol. The number of benzene rings is 1. The molecule has 0 bridgehead atoms. The Kier molecular flexibility index (Phi) is 4.96. The highest BCUT2D eigenvalue weighted by Gasteiger charge is 2.09. The second-order valence-corrected chi connectivity index (χ2v) is 5.88. The second kappa shape index (κ2) is 6.72. The maximum Gasteiger partial charge on any atom is 0.337 e. The number of carboxylic acids is 1. The van der Waals surface area contributed by atoms with E-state index in [1.54, 1.807) is 6.07 Å². The fraction of sp³-hybridized carbons (Fsp3) is 0.250. The quantitative estimate of drug-likeness (QED) is 0.876. The van der Waals surface area contributed by atoms with Gasteiger partial charge in [-0.15, -0.1) is 0 Å². The Morgan fingerprint density at radius 1 is 1.33 bits per heavy atom. The number of aromatic nitrogens is 1. The lowest BCUT2D eigenvalue weighted by Crippen LogP contribution is -2.03. The summed E-state index contributed by atoms with van der Waals surface area (Å²) >= 11 is 3.46. The number of nitrogens with zero attached hydrogens (tertiary/aromatic N) is 1. The third-order valence-corrected chi connectivity index (χ3v) is 3.53. The van der Waals surface area contributed by atoms with E-state index in [0.29, 0.717) is 18.2 Å². The Hall–Kier alpha value is -1.88. The molecule has 1 N–H and O–H groups in total. The van der Waals surface area contributed by atoms with Gasteiger partial charge >= 0.3 is 5.97 Å². The fourth-order valence-corrected chi connectivity index (χ4v) is 2.27. The van der Waals surface area contributed by atoms with Crippen molar-refractivity contribution in [3.63, 3.8) is 0 Å². The molecule has 0 amide bonds. The zero-order valence-corrected chi connectivity index (χ0v) is 13.4. The van der Waals surface area contributed by atoms with Gasteiger partial charge in [0, 0.05) is 10.7 Å². The third kappa shape index (κ3) is 4.04. The predicted octanol–water partition coefficient (Wildman–Crippen LogP) is 4.24. The molecule has 0 saturated heterocycles. The highest BCUT2D eigenvalue weighted by atomic mass is 79.9. The number of hydrogen-bond acceptors (Lipinski definition) is 3. The van der Waals surface area contributed by atoms with Crippen LogP contribution in [0.3, 0.4) is 0 Å². The normalized spacial score (nSPS) is 10.7. The van der Waals surface area contributed by atoms with E-state index in [-0.39, 0.29) is 5.56 Å². The molecule has 0 aliphatic heterocycles. The second-order valence-electron chi connectivity index (χ2n) is 4.97. The van der Waals surface area contributed by atoms with Crippen LogP contribution in [0.2, 0.25) is 0 Å². The molecule has 1 aromatic heterocycles. The molecule has 1 aromatic carbocycles. The van der Waals surface area contributed by atoms with Gasteiger partial charge in [0.05, 0.1) is 11.3 Å². The first-order valence-corrected chi connectivity index (χ1v) is 7.37. The molecule has 2 rings (SSSR count). The van der Waals surface area contributed by atoms with Crippen LogP contribution in [0.4, 0.5) is 0 Å². The Morgan fingerprint density at radius 2 is 2.10 bits per heavy atom. The Labute approximate surface area is 131 Å².